The van der Waals surface area contributed by atoms with Gasteiger partial charge in [0, 0.05) is 23.9 Å². The van der Waals surface area contributed by atoms with E-state index >= 15 is 0 Å². The van der Waals surface area contributed by atoms with Crippen molar-refractivity contribution in [3.05, 3.63) is 58.6 Å². The van der Waals surface area contributed by atoms with E-state index in [9.17, 15) is 4.79 Å². The largest absolute Gasteiger partial charge is 0.273 e. The molecule has 0 spiro atoms. The fraction of sp³-hybridized carbons (Fsp3) is 0.188. The van der Waals surface area contributed by atoms with Crippen molar-refractivity contribution in [2.75, 3.05) is 10.0 Å². The third-order valence-corrected chi connectivity index (χ3v) is 4.27. The average molecular weight is 285 g/mol. The molecule has 2 heterocycles. The van der Waals surface area contributed by atoms with Crippen molar-refractivity contribution in [2.45, 2.75) is 19.4 Å². The highest BCUT2D eigenvalue weighted by atomic mass is 35.5. The number of rotatable bonds is 0. The van der Waals surface area contributed by atoms with Gasteiger partial charge in [0.2, 0.25) is 5.91 Å². The zero-order chi connectivity index (χ0) is 13.9. The molecule has 1 unspecified atom stereocenters. The van der Waals surface area contributed by atoms with E-state index in [-0.39, 0.29) is 11.9 Å². The van der Waals surface area contributed by atoms with Crippen molar-refractivity contribution in [3.8, 4) is 0 Å². The summed E-state index contributed by atoms with van der Waals surface area (Å²) < 4.78 is 0. The van der Waals surface area contributed by atoms with Crippen molar-refractivity contribution < 1.29 is 4.79 Å². The standard InChI is InChI=1S/C16H13ClN2O/c1-10(20)18-15-5-3-2-4-13(15)16-9-11-8-12(17)6-7-14(11)19(16)18/h2-8,16H,9H2,1H3. The Hall–Kier alpha value is -2.00. The van der Waals surface area contributed by atoms with Gasteiger partial charge in [-0.1, -0.05) is 29.8 Å². The first kappa shape index (κ1) is 11.8. The van der Waals surface area contributed by atoms with E-state index in [1.54, 1.807) is 11.9 Å². The second-order valence-corrected chi connectivity index (χ2v) is 5.66. The van der Waals surface area contributed by atoms with Crippen LogP contribution < -0.4 is 10.0 Å². The van der Waals surface area contributed by atoms with Crippen LogP contribution in [-0.4, -0.2) is 5.91 Å². The van der Waals surface area contributed by atoms with Gasteiger partial charge in [-0.15, -0.1) is 0 Å². The molecule has 4 heteroatoms. The number of halogens is 1. The molecule has 0 bridgehead atoms. The normalized spacial score (nSPS) is 18.8. The number of carbonyl (C=O) groups excluding carboxylic acids is 1. The lowest BCUT2D eigenvalue weighted by atomic mass is 10.0. The molecule has 0 saturated carbocycles. The van der Waals surface area contributed by atoms with Crippen LogP contribution in [0.15, 0.2) is 42.5 Å². The van der Waals surface area contributed by atoms with Gasteiger partial charge in [0.05, 0.1) is 17.4 Å². The van der Waals surface area contributed by atoms with Gasteiger partial charge in [0.15, 0.2) is 0 Å². The van der Waals surface area contributed by atoms with Gasteiger partial charge in [-0.25, -0.2) is 5.01 Å². The van der Waals surface area contributed by atoms with E-state index in [0.29, 0.717) is 0 Å². The molecule has 1 amide bonds. The van der Waals surface area contributed by atoms with Gasteiger partial charge in [0.1, 0.15) is 0 Å². The van der Waals surface area contributed by atoms with Crippen molar-refractivity contribution in [1.29, 1.82) is 0 Å². The molecule has 0 saturated heterocycles. The first-order valence-corrected chi connectivity index (χ1v) is 7.02. The Labute approximate surface area is 122 Å². The third-order valence-electron chi connectivity index (χ3n) is 4.03. The number of anilines is 2. The quantitative estimate of drug-likeness (QED) is 0.736. The molecule has 0 aliphatic carbocycles. The minimum atomic E-state index is 0.0303. The second kappa shape index (κ2) is 4.00. The Balaban J connectivity index is 1.92. The SMILES string of the molecule is CC(=O)N1c2ccccc2C2Cc3cc(Cl)ccc3N21. The summed E-state index contributed by atoms with van der Waals surface area (Å²) in [6, 6.07) is 14.2. The maximum absolute atomic E-state index is 12.1. The van der Waals surface area contributed by atoms with Crippen LogP contribution in [0.5, 0.6) is 0 Å². The maximum atomic E-state index is 12.1. The minimum absolute atomic E-state index is 0.0303. The Morgan fingerprint density at radius 2 is 2.00 bits per heavy atom. The van der Waals surface area contributed by atoms with Crippen molar-refractivity contribution in [1.82, 2.24) is 0 Å². The number of hydrogen-bond acceptors (Lipinski definition) is 2. The summed E-state index contributed by atoms with van der Waals surface area (Å²) in [5, 5.41) is 4.62. The summed E-state index contributed by atoms with van der Waals surface area (Å²) in [5.41, 5.74) is 4.47. The number of fused-ring (bicyclic) bond motifs is 5. The Morgan fingerprint density at radius 3 is 2.80 bits per heavy atom. The molecule has 0 N–H and O–H groups in total. The maximum Gasteiger partial charge on any atom is 0.242 e. The zero-order valence-corrected chi connectivity index (χ0v) is 11.8. The molecule has 1 atom stereocenters. The van der Waals surface area contributed by atoms with Gasteiger partial charge in [-0.05, 0) is 29.8 Å². The highest BCUT2D eigenvalue weighted by Crippen LogP contribution is 2.50. The summed E-state index contributed by atoms with van der Waals surface area (Å²) in [7, 11) is 0. The monoisotopic (exact) mass is 284 g/mol. The van der Waals surface area contributed by atoms with Gasteiger partial charge in [-0.2, -0.15) is 0 Å². The molecule has 3 nitrogen and oxygen atoms in total. The second-order valence-electron chi connectivity index (χ2n) is 5.23. The van der Waals surface area contributed by atoms with Crippen LogP contribution in [0, 0.1) is 0 Å². The van der Waals surface area contributed by atoms with Crippen molar-refractivity contribution >= 4 is 28.9 Å². The summed E-state index contributed by atoms with van der Waals surface area (Å²) in [5.74, 6) is 0.0303. The lowest BCUT2D eigenvalue weighted by Gasteiger charge is -2.29. The van der Waals surface area contributed by atoms with E-state index < -0.39 is 0 Å². The minimum Gasteiger partial charge on any atom is -0.273 e. The predicted octanol–water partition coefficient (Wildman–Crippen LogP) is 3.73. The number of hydrazine groups is 1. The predicted molar refractivity (Wildman–Crippen MR) is 80.0 cm³/mol. The molecule has 2 aliphatic rings. The summed E-state index contributed by atoms with van der Waals surface area (Å²) in [4.78, 5) is 12.1. The molecule has 0 aromatic heterocycles. The summed E-state index contributed by atoms with van der Waals surface area (Å²) in [6.07, 6.45) is 0.886. The van der Waals surface area contributed by atoms with Gasteiger partial charge in [-0.3, -0.25) is 9.80 Å². The average Bonchev–Trinajstić information content (AvgIpc) is 2.92. The number of nitrogens with zero attached hydrogens (tertiary/aromatic N) is 2. The number of carbonyl (C=O) groups is 1. The van der Waals surface area contributed by atoms with E-state index in [2.05, 4.69) is 11.1 Å². The lowest BCUT2D eigenvalue weighted by molar-refractivity contribution is -0.116. The van der Waals surface area contributed by atoms with Crippen LogP contribution in [0.25, 0.3) is 0 Å². The molecule has 2 aromatic carbocycles. The van der Waals surface area contributed by atoms with E-state index in [4.69, 9.17) is 11.6 Å². The third kappa shape index (κ3) is 1.44. The molecular weight excluding hydrogens is 272 g/mol. The number of hydrogen-bond donors (Lipinski definition) is 0. The molecule has 0 fully saturated rings. The van der Waals surface area contributed by atoms with Crippen LogP contribution in [0.4, 0.5) is 11.4 Å². The first-order valence-electron chi connectivity index (χ1n) is 6.64. The lowest BCUT2D eigenvalue weighted by Crippen LogP contribution is -2.41. The highest BCUT2D eigenvalue weighted by Gasteiger charge is 2.43. The summed E-state index contributed by atoms with van der Waals surface area (Å²) in [6.45, 7) is 1.60. The van der Waals surface area contributed by atoms with Crippen LogP contribution >= 0.6 is 11.6 Å². The molecule has 0 radical (unpaired) electrons. The summed E-state index contributed by atoms with van der Waals surface area (Å²) >= 11 is 6.08. The molecule has 20 heavy (non-hydrogen) atoms. The smallest absolute Gasteiger partial charge is 0.242 e. The van der Waals surface area contributed by atoms with Crippen LogP contribution in [-0.2, 0) is 11.2 Å². The molecule has 2 aromatic rings. The Kier molecular flexibility index (Phi) is 2.36. The Morgan fingerprint density at radius 1 is 1.20 bits per heavy atom. The van der Waals surface area contributed by atoms with Crippen LogP contribution in [0.3, 0.4) is 0 Å². The molecule has 100 valence electrons. The van der Waals surface area contributed by atoms with Crippen molar-refractivity contribution in [3.63, 3.8) is 0 Å². The van der Waals surface area contributed by atoms with Gasteiger partial charge < -0.3 is 0 Å². The number of amides is 1. The van der Waals surface area contributed by atoms with Crippen LogP contribution in [0.1, 0.15) is 24.1 Å². The molecular formula is C16H13ClN2O. The zero-order valence-electron chi connectivity index (χ0n) is 11.0. The molecule has 4 rings (SSSR count). The van der Waals surface area contributed by atoms with E-state index in [0.717, 1.165) is 22.8 Å². The fourth-order valence-corrected chi connectivity index (χ4v) is 3.49. The van der Waals surface area contributed by atoms with Crippen LogP contribution in [0.2, 0.25) is 5.02 Å². The van der Waals surface area contributed by atoms with Gasteiger partial charge in [0.25, 0.3) is 0 Å². The van der Waals surface area contributed by atoms with E-state index in [1.807, 2.05) is 36.4 Å². The topological polar surface area (TPSA) is 23.6 Å². The van der Waals surface area contributed by atoms with Crippen molar-refractivity contribution in [2.24, 2.45) is 0 Å². The Bertz CT molecular complexity index is 728. The first-order chi connectivity index (χ1) is 9.66. The number of benzene rings is 2. The van der Waals surface area contributed by atoms with E-state index in [1.165, 1.54) is 11.1 Å². The highest BCUT2D eigenvalue weighted by molar-refractivity contribution is 6.30. The molecule has 2 aliphatic heterocycles. The number of para-hydroxylation sites is 1. The fourth-order valence-electron chi connectivity index (χ4n) is 3.29. The van der Waals surface area contributed by atoms with Gasteiger partial charge >= 0.3 is 0 Å².